The third-order valence-electron chi connectivity index (χ3n) is 2.06. The first kappa shape index (κ1) is 16.9. The third kappa shape index (κ3) is 4.45. The molecule has 116 valence electrons. The second-order valence-electron chi connectivity index (χ2n) is 3.55. The average molecular weight is 328 g/mol. The second-order valence-corrected chi connectivity index (χ2v) is 4.63. The van der Waals surface area contributed by atoms with Gasteiger partial charge in [-0.3, -0.25) is 0 Å². The molecule has 4 N–H and O–H groups in total. The van der Waals surface area contributed by atoms with E-state index in [-0.39, 0.29) is 21.3 Å². The van der Waals surface area contributed by atoms with Crippen LogP contribution in [0.1, 0.15) is 40.5 Å². The molecular formula is C12H8O9S. The summed E-state index contributed by atoms with van der Waals surface area (Å²) >= 11 is 0.750. The minimum Gasteiger partial charge on any atom is -0.477 e. The number of carbonyl (C=O) groups is 4. The van der Waals surface area contributed by atoms with Gasteiger partial charge >= 0.3 is 23.9 Å². The molecule has 0 aliphatic carbocycles. The molecule has 10 heteroatoms. The van der Waals surface area contributed by atoms with Gasteiger partial charge in [-0.05, 0) is 24.3 Å². The van der Waals surface area contributed by atoms with Gasteiger partial charge in [0.25, 0.3) is 0 Å². The lowest BCUT2D eigenvalue weighted by Crippen LogP contribution is -1.94. The van der Waals surface area contributed by atoms with E-state index in [4.69, 9.17) is 20.4 Å². The zero-order valence-corrected chi connectivity index (χ0v) is 11.4. The van der Waals surface area contributed by atoms with E-state index in [1.165, 1.54) is 12.1 Å². The van der Waals surface area contributed by atoms with E-state index in [2.05, 4.69) is 4.42 Å². The van der Waals surface area contributed by atoms with Gasteiger partial charge in [0.15, 0.2) is 0 Å². The lowest BCUT2D eigenvalue weighted by molar-refractivity contribution is 0.0626. The Morgan fingerprint density at radius 3 is 1.23 bits per heavy atom. The maximum Gasteiger partial charge on any atom is 0.371 e. The molecular weight excluding hydrogens is 320 g/mol. The van der Waals surface area contributed by atoms with Gasteiger partial charge in [-0.2, -0.15) is 0 Å². The minimum absolute atomic E-state index is 0.0439. The molecule has 0 saturated carbocycles. The van der Waals surface area contributed by atoms with Crippen LogP contribution in [0.15, 0.2) is 28.7 Å². The van der Waals surface area contributed by atoms with Gasteiger partial charge in [-0.1, -0.05) is 0 Å². The summed E-state index contributed by atoms with van der Waals surface area (Å²) in [4.78, 5) is 40.9. The van der Waals surface area contributed by atoms with Crippen molar-refractivity contribution in [2.75, 3.05) is 0 Å². The maximum absolute atomic E-state index is 10.3. The van der Waals surface area contributed by atoms with Crippen LogP contribution in [0.4, 0.5) is 0 Å². The molecule has 0 aliphatic rings. The summed E-state index contributed by atoms with van der Waals surface area (Å²) in [7, 11) is 0. The Hall–Kier alpha value is -3.14. The van der Waals surface area contributed by atoms with E-state index >= 15 is 0 Å². The molecule has 2 aromatic rings. The lowest BCUT2D eigenvalue weighted by atomic mass is 10.4. The summed E-state index contributed by atoms with van der Waals surface area (Å²) in [5.74, 6) is -5.50. The molecule has 9 nitrogen and oxygen atoms in total. The molecule has 0 saturated heterocycles. The highest BCUT2D eigenvalue weighted by Crippen LogP contribution is 2.15. The van der Waals surface area contributed by atoms with Crippen molar-refractivity contribution in [3.63, 3.8) is 0 Å². The fourth-order valence-corrected chi connectivity index (χ4v) is 1.82. The summed E-state index contributed by atoms with van der Waals surface area (Å²) in [5.41, 5.74) is 0. The number of carboxylic acid groups (broad SMARTS) is 4. The van der Waals surface area contributed by atoms with Gasteiger partial charge in [0.2, 0.25) is 11.5 Å². The summed E-state index contributed by atoms with van der Waals surface area (Å²) < 4.78 is 4.41. The standard InChI is InChI=1S/C6H4O5.C6H4O4S/c2*7-5(8)3-1-2-4(11-3)6(9)10/h2*1-2H,(H,7,8)(H,9,10). The van der Waals surface area contributed by atoms with Crippen molar-refractivity contribution in [1.29, 1.82) is 0 Å². The lowest BCUT2D eigenvalue weighted by Gasteiger charge is -1.84. The van der Waals surface area contributed by atoms with Crippen LogP contribution in [0.25, 0.3) is 0 Å². The van der Waals surface area contributed by atoms with E-state index in [0.717, 1.165) is 23.5 Å². The second kappa shape index (κ2) is 7.04. The van der Waals surface area contributed by atoms with E-state index in [0.29, 0.717) is 0 Å². The normalized spacial score (nSPS) is 9.45. The Bertz CT molecular complexity index is 605. The van der Waals surface area contributed by atoms with Crippen molar-refractivity contribution in [3.05, 3.63) is 45.5 Å². The largest absolute Gasteiger partial charge is 0.477 e. The smallest absolute Gasteiger partial charge is 0.371 e. The first-order valence-electron chi connectivity index (χ1n) is 5.35. The summed E-state index contributed by atoms with van der Waals surface area (Å²) in [6, 6.07) is 4.73. The Morgan fingerprint density at radius 1 is 0.682 bits per heavy atom. The average Bonchev–Trinajstić information content (AvgIpc) is 3.09. The van der Waals surface area contributed by atoms with Crippen LogP contribution in [0.3, 0.4) is 0 Å². The molecule has 22 heavy (non-hydrogen) atoms. The quantitative estimate of drug-likeness (QED) is 0.655. The Kier molecular flexibility index (Phi) is 5.41. The molecule has 0 fully saturated rings. The van der Waals surface area contributed by atoms with E-state index in [1.54, 1.807) is 0 Å². The third-order valence-corrected chi connectivity index (χ3v) is 3.12. The Morgan fingerprint density at radius 2 is 1.05 bits per heavy atom. The van der Waals surface area contributed by atoms with Crippen molar-refractivity contribution >= 4 is 35.2 Å². The number of rotatable bonds is 4. The summed E-state index contributed by atoms with van der Waals surface area (Å²) in [6.45, 7) is 0. The predicted octanol–water partition coefficient (Wildman–Crippen LogP) is 1.82. The molecule has 0 aliphatic heterocycles. The molecule has 2 aromatic heterocycles. The van der Waals surface area contributed by atoms with Gasteiger partial charge in [0.1, 0.15) is 9.75 Å². The Balaban J connectivity index is 0.000000220. The van der Waals surface area contributed by atoms with Crippen LogP contribution in [0, 0.1) is 0 Å². The monoisotopic (exact) mass is 328 g/mol. The van der Waals surface area contributed by atoms with Gasteiger partial charge in [0, 0.05) is 0 Å². The maximum atomic E-state index is 10.3. The van der Waals surface area contributed by atoms with Gasteiger partial charge in [-0.25, -0.2) is 19.2 Å². The molecule has 0 amide bonds. The van der Waals surface area contributed by atoms with Crippen LogP contribution in [0.5, 0.6) is 0 Å². The van der Waals surface area contributed by atoms with Crippen LogP contribution < -0.4 is 0 Å². The summed E-state index contributed by atoms with van der Waals surface area (Å²) in [5, 5.41) is 33.4. The molecule has 2 heterocycles. The first-order chi connectivity index (χ1) is 10.2. The van der Waals surface area contributed by atoms with Crippen molar-refractivity contribution in [2.24, 2.45) is 0 Å². The van der Waals surface area contributed by atoms with Crippen LogP contribution in [-0.4, -0.2) is 44.3 Å². The van der Waals surface area contributed by atoms with Crippen LogP contribution >= 0.6 is 11.3 Å². The zero-order chi connectivity index (χ0) is 16.9. The van der Waals surface area contributed by atoms with Crippen molar-refractivity contribution in [3.8, 4) is 0 Å². The minimum atomic E-state index is -1.28. The molecule has 0 atom stereocenters. The number of hydrogen-bond acceptors (Lipinski definition) is 6. The molecule has 0 radical (unpaired) electrons. The van der Waals surface area contributed by atoms with Gasteiger partial charge < -0.3 is 24.8 Å². The highest BCUT2D eigenvalue weighted by atomic mass is 32.1. The molecule has 2 rings (SSSR count). The number of furan rings is 1. The van der Waals surface area contributed by atoms with Gasteiger partial charge in [-0.15, -0.1) is 11.3 Å². The molecule has 0 bridgehead atoms. The Labute approximate surface area is 125 Å². The summed E-state index contributed by atoms with van der Waals surface area (Å²) in [6.07, 6.45) is 0. The fourth-order valence-electron chi connectivity index (χ4n) is 1.14. The van der Waals surface area contributed by atoms with E-state index in [1.807, 2.05) is 0 Å². The predicted molar refractivity (Wildman–Crippen MR) is 70.9 cm³/mol. The number of aromatic carboxylic acids is 4. The van der Waals surface area contributed by atoms with Gasteiger partial charge in [0.05, 0.1) is 0 Å². The van der Waals surface area contributed by atoms with Crippen LogP contribution in [-0.2, 0) is 0 Å². The zero-order valence-electron chi connectivity index (χ0n) is 10.5. The first-order valence-corrected chi connectivity index (χ1v) is 6.17. The molecule has 0 spiro atoms. The topological polar surface area (TPSA) is 162 Å². The van der Waals surface area contributed by atoms with Crippen LogP contribution in [0.2, 0.25) is 0 Å². The molecule has 0 unspecified atom stereocenters. The molecule has 0 aromatic carbocycles. The SMILES string of the molecule is O=C(O)c1ccc(C(=O)O)o1.O=C(O)c1ccc(C(=O)O)s1. The van der Waals surface area contributed by atoms with Crippen molar-refractivity contribution in [1.82, 2.24) is 0 Å². The number of thiophene rings is 1. The van der Waals surface area contributed by atoms with Crippen molar-refractivity contribution < 1.29 is 44.0 Å². The number of hydrogen-bond donors (Lipinski definition) is 4. The highest BCUT2D eigenvalue weighted by molar-refractivity contribution is 7.15. The van der Waals surface area contributed by atoms with Crippen molar-refractivity contribution in [2.45, 2.75) is 0 Å². The fraction of sp³-hybridized carbons (Fsp3) is 0. The number of carboxylic acids is 4. The van der Waals surface area contributed by atoms with E-state index < -0.39 is 23.9 Å². The highest BCUT2D eigenvalue weighted by Gasteiger charge is 2.13. The van der Waals surface area contributed by atoms with E-state index in [9.17, 15) is 19.2 Å².